The molecule has 2 aromatic rings. The molecule has 132 valence electrons. The van der Waals surface area contributed by atoms with Crippen molar-refractivity contribution in [3.05, 3.63) is 60.2 Å². The summed E-state index contributed by atoms with van der Waals surface area (Å²) in [6.45, 7) is 2.00. The van der Waals surface area contributed by atoms with Crippen LogP contribution in [-0.4, -0.2) is 23.9 Å². The summed E-state index contributed by atoms with van der Waals surface area (Å²) in [6.07, 6.45) is 0.852. The van der Waals surface area contributed by atoms with Gasteiger partial charge in [0.05, 0.1) is 6.42 Å². The van der Waals surface area contributed by atoms with Crippen molar-refractivity contribution < 1.29 is 9.59 Å². The van der Waals surface area contributed by atoms with E-state index in [9.17, 15) is 9.59 Å². The van der Waals surface area contributed by atoms with Crippen molar-refractivity contribution >= 4 is 35.6 Å². The minimum absolute atomic E-state index is 0. The van der Waals surface area contributed by atoms with Crippen molar-refractivity contribution in [1.82, 2.24) is 5.32 Å². The molecule has 1 aliphatic rings. The van der Waals surface area contributed by atoms with E-state index >= 15 is 0 Å². The van der Waals surface area contributed by atoms with E-state index in [1.807, 2.05) is 49.4 Å². The van der Waals surface area contributed by atoms with Gasteiger partial charge in [-0.2, -0.15) is 0 Å². The number of benzene rings is 2. The maximum absolute atomic E-state index is 12.6. The highest BCUT2D eigenvalue weighted by Crippen LogP contribution is 2.26. The largest absolute Gasteiger partial charge is 0.399 e. The summed E-state index contributed by atoms with van der Waals surface area (Å²) in [6, 6.07) is 16.3. The van der Waals surface area contributed by atoms with E-state index < -0.39 is 6.04 Å². The normalized spacial score (nSPS) is 19.4. The number of nitrogens with zero attached hydrogens (tertiary/aromatic N) is 1. The lowest BCUT2D eigenvalue weighted by Crippen LogP contribution is -2.42. The van der Waals surface area contributed by atoms with Gasteiger partial charge in [0.2, 0.25) is 11.8 Å². The van der Waals surface area contributed by atoms with Gasteiger partial charge in [-0.15, -0.1) is 12.4 Å². The van der Waals surface area contributed by atoms with Crippen LogP contribution in [0.5, 0.6) is 0 Å². The molecular weight excluding hydrogens is 338 g/mol. The van der Waals surface area contributed by atoms with E-state index in [1.165, 1.54) is 0 Å². The van der Waals surface area contributed by atoms with Crippen LogP contribution in [0.15, 0.2) is 54.6 Å². The number of carbonyl (C=O) groups is 2. The Kier molecular flexibility index (Phi) is 6.04. The summed E-state index contributed by atoms with van der Waals surface area (Å²) >= 11 is 0. The fourth-order valence-electron chi connectivity index (χ4n) is 3.09. The SMILES string of the molecule is CC1CC(NC(=O)Cc2ccc(N)cc2)C(=O)N1c1ccccc1.Cl. The molecule has 1 aliphatic heterocycles. The Morgan fingerprint density at radius 1 is 1.16 bits per heavy atom. The molecule has 0 aliphatic carbocycles. The van der Waals surface area contributed by atoms with Crippen molar-refractivity contribution in [1.29, 1.82) is 0 Å². The number of halogens is 1. The zero-order valence-electron chi connectivity index (χ0n) is 14.0. The molecule has 0 spiro atoms. The highest BCUT2D eigenvalue weighted by atomic mass is 35.5. The first-order valence-electron chi connectivity index (χ1n) is 8.06. The van der Waals surface area contributed by atoms with Crippen LogP contribution in [0.4, 0.5) is 11.4 Å². The minimum atomic E-state index is -0.471. The maximum Gasteiger partial charge on any atom is 0.249 e. The smallest absolute Gasteiger partial charge is 0.249 e. The number of hydrogen-bond donors (Lipinski definition) is 2. The quantitative estimate of drug-likeness (QED) is 0.824. The number of nitrogens with two attached hydrogens (primary N) is 1. The molecule has 2 unspecified atom stereocenters. The van der Waals surface area contributed by atoms with E-state index in [4.69, 9.17) is 5.73 Å². The maximum atomic E-state index is 12.6. The van der Waals surface area contributed by atoms with Gasteiger partial charge in [-0.1, -0.05) is 30.3 Å². The van der Waals surface area contributed by atoms with Crippen LogP contribution in [0.2, 0.25) is 0 Å². The first-order valence-corrected chi connectivity index (χ1v) is 8.06. The molecule has 1 heterocycles. The van der Waals surface area contributed by atoms with E-state index in [0.717, 1.165) is 11.3 Å². The molecule has 0 radical (unpaired) electrons. The Labute approximate surface area is 153 Å². The van der Waals surface area contributed by atoms with E-state index in [1.54, 1.807) is 17.0 Å². The summed E-state index contributed by atoms with van der Waals surface area (Å²) in [5.74, 6) is -0.209. The average Bonchev–Trinajstić information content (AvgIpc) is 2.84. The molecule has 1 fully saturated rings. The van der Waals surface area contributed by atoms with Crippen molar-refractivity contribution in [3.63, 3.8) is 0 Å². The molecule has 1 saturated heterocycles. The fourth-order valence-corrected chi connectivity index (χ4v) is 3.09. The third-order valence-electron chi connectivity index (χ3n) is 4.27. The number of nitrogens with one attached hydrogen (secondary N) is 1. The second kappa shape index (κ2) is 8.03. The van der Waals surface area contributed by atoms with Crippen LogP contribution in [0.1, 0.15) is 18.9 Å². The van der Waals surface area contributed by atoms with Crippen molar-refractivity contribution in [2.75, 3.05) is 10.6 Å². The second-order valence-corrected chi connectivity index (χ2v) is 6.17. The van der Waals surface area contributed by atoms with Crippen LogP contribution in [0.25, 0.3) is 0 Å². The molecule has 2 atom stereocenters. The van der Waals surface area contributed by atoms with Gasteiger partial charge in [0, 0.05) is 17.4 Å². The summed E-state index contributed by atoms with van der Waals surface area (Å²) in [5, 5.41) is 2.86. The monoisotopic (exact) mass is 359 g/mol. The van der Waals surface area contributed by atoms with E-state index in [2.05, 4.69) is 5.32 Å². The number of amides is 2. The molecule has 0 aromatic heterocycles. The molecule has 3 rings (SSSR count). The van der Waals surface area contributed by atoms with Gasteiger partial charge in [0.1, 0.15) is 6.04 Å². The lowest BCUT2D eigenvalue weighted by Gasteiger charge is -2.21. The Morgan fingerprint density at radius 3 is 2.44 bits per heavy atom. The van der Waals surface area contributed by atoms with Gasteiger partial charge >= 0.3 is 0 Å². The standard InChI is InChI=1S/C19H21N3O2.ClH/c1-13-11-17(19(24)22(13)16-5-3-2-4-6-16)21-18(23)12-14-7-9-15(20)10-8-14;/h2-10,13,17H,11-12,20H2,1H3,(H,21,23);1H. The summed E-state index contributed by atoms with van der Waals surface area (Å²) in [7, 11) is 0. The van der Waals surface area contributed by atoms with Gasteiger partial charge in [-0.3, -0.25) is 9.59 Å². The first kappa shape index (κ1) is 18.8. The van der Waals surface area contributed by atoms with Gasteiger partial charge < -0.3 is 16.0 Å². The van der Waals surface area contributed by atoms with Crippen LogP contribution < -0.4 is 16.0 Å². The Hall–Kier alpha value is -2.53. The lowest BCUT2D eigenvalue weighted by atomic mass is 10.1. The number of carbonyl (C=O) groups excluding carboxylic acids is 2. The Balaban J connectivity index is 0.00000225. The third-order valence-corrected chi connectivity index (χ3v) is 4.27. The number of anilines is 2. The van der Waals surface area contributed by atoms with Crippen LogP contribution in [-0.2, 0) is 16.0 Å². The van der Waals surface area contributed by atoms with E-state index in [-0.39, 0.29) is 36.7 Å². The van der Waals surface area contributed by atoms with Gasteiger partial charge in [0.15, 0.2) is 0 Å². The molecule has 25 heavy (non-hydrogen) atoms. The number of para-hydroxylation sites is 1. The third kappa shape index (κ3) is 4.31. The molecule has 6 heteroatoms. The van der Waals surface area contributed by atoms with Gasteiger partial charge in [-0.25, -0.2) is 0 Å². The fraction of sp³-hybridized carbons (Fsp3) is 0.263. The molecule has 2 amide bonds. The second-order valence-electron chi connectivity index (χ2n) is 6.17. The summed E-state index contributed by atoms with van der Waals surface area (Å²) < 4.78 is 0. The van der Waals surface area contributed by atoms with Crippen molar-refractivity contribution in [3.8, 4) is 0 Å². The molecule has 0 saturated carbocycles. The van der Waals surface area contributed by atoms with Gasteiger partial charge in [0.25, 0.3) is 0 Å². The van der Waals surface area contributed by atoms with Crippen LogP contribution in [0, 0.1) is 0 Å². The lowest BCUT2D eigenvalue weighted by molar-refractivity contribution is -0.126. The Morgan fingerprint density at radius 2 is 1.80 bits per heavy atom. The van der Waals surface area contributed by atoms with Crippen LogP contribution in [0.3, 0.4) is 0 Å². The van der Waals surface area contributed by atoms with Crippen molar-refractivity contribution in [2.45, 2.75) is 31.8 Å². The summed E-state index contributed by atoms with van der Waals surface area (Å²) in [5.41, 5.74) is 8.05. The number of rotatable bonds is 4. The Bertz CT molecular complexity index is 734. The zero-order chi connectivity index (χ0) is 17.1. The molecule has 0 bridgehead atoms. The van der Waals surface area contributed by atoms with Gasteiger partial charge in [-0.05, 0) is 43.2 Å². The molecule has 2 aromatic carbocycles. The molecule has 3 N–H and O–H groups in total. The summed E-state index contributed by atoms with van der Waals surface area (Å²) in [4.78, 5) is 26.6. The zero-order valence-corrected chi connectivity index (χ0v) is 14.8. The topological polar surface area (TPSA) is 75.4 Å². The van der Waals surface area contributed by atoms with Crippen molar-refractivity contribution in [2.24, 2.45) is 0 Å². The number of hydrogen-bond acceptors (Lipinski definition) is 3. The highest BCUT2D eigenvalue weighted by Gasteiger charge is 2.38. The molecular formula is C19H22ClN3O2. The highest BCUT2D eigenvalue weighted by molar-refractivity contribution is 6.02. The average molecular weight is 360 g/mol. The van der Waals surface area contributed by atoms with Crippen LogP contribution >= 0.6 is 12.4 Å². The van der Waals surface area contributed by atoms with E-state index in [0.29, 0.717) is 12.1 Å². The predicted molar refractivity (Wildman–Crippen MR) is 102 cm³/mol. The number of nitrogen functional groups attached to an aromatic ring is 1. The molecule has 5 nitrogen and oxygen atoms in total. The first-order chi connectivity index (χ1) is 11.5. The minimum Gasteiger partial charge on any atom is -0.399 e. The predicted octanol–water partition coefficient (Wildman–Crippen LogP) is 2.54.